The van der Waals surface area contributed by atoms with Crippen LogP contribution in [0.25, 0.3) is 0 Å². The van der Waals surface area contributed by atoms with Gasteiger partial charge in [0.1, 0.15) is 29.0 Å². The number of rotatable bonds is 8. The third-order valence-electron chi connectivity index (χ3n) is 4.65. The summed E-state index contributed by atoms with van der Waals surface area (Å²) in [6.07, 6.45) is 4.15. The molecule has 0 aromatic heterocycles. The van der Waals surface area contributed by atoms with Gasteiger partial charge in [-0.3, -0.25) is 4.90 Å². The van der Waals surface area contributed by atoms with E-state index in [9.17, 15) is 5.11 Å². The molecule has 31 heavy (non-hydrogen) atoms. The molecular weight excluding hydrogens is 408 g/mol. The van der Waals surface area contributed by atoms with E-state index in [-0.39, 0.29) is 11.7 Å². The van der Waals surface area contributed by atoms with E-state index in [1.54, 1.807) is 17.8 Å². The van der Waals surface area contributed by atoms with E-state index in [0.29, 0.717) is 25.4 Å². The molecule has 1 aliphatic rings. The molecule has 0 aliphatic heterocycles. The second-order valence-electron chi connectivity index (χ2n) is 8.66. The second-order valence-corrected chi connectivity index (χ2v) is 9.81. The van der Waals surface area contributed by atoms with E-state index in [1.807, 2.05) is 63.1 Å². The van der Waals surface area contributed by atoms with Gasteiger partial charge in [-0.15, -0.1) is 0 Å². The highest BCUT2D eigenvalue weighted by Gasteiger charge is 2.19. The van der Waals surface area contributed by atoms with Crippen molar-refractivity contribution in [3.05, 3.63) is 72.0 Å². The van der Waals surface area contributed by atoms with Gasteiger partial charge in [-0.1, -0.05) is 11.8 Å². The van der Waals surface area contributed by atoms with Crippen molar-refractivity contribution >= 4 is 11.8 Å². The van der Waals surface area contributed by atoms with Crippen molar-refractivity contribution in [1.82, 2.24) is 4.90 Å². The Kier molecular flexibility index (Phi) is 7.70. The lowest BCUT2D eigenvalue weighted by atomic mass is 10.0. The Morgan fingerprint density at radius 1 is 1.03 bits per heavy atom. The minimum absolute atomic E-state index is 0.106. The summed E-state index contributed by atoms with van der Waals surface area (Å²) in [7, 11) is 1.93. The van der Waals surface area contributed by atoms with E-state index in [0.717, 1.165) is 26.9 Å². The van der Waals surface area contributed by atoms with E-state index in [4.69, 9.17) is 15.2 Å². The molecule has 3 rings (SSSR count). The molecule has 3 N–H and O–H groups in total. The highest BCUT2D eigenvalue weighted by atomic mass is 32.2. The smallest absolute Gasteiger partial charge is 0.121 e. The largest absolute Gasteiger partial charge is 0.508 e. The van der Waals surface area contributed by atoms with Crippen LogP contribution in [-0.4, -0.2) is 42.0 Å². The molecule has 0 fully saturated rings. The first-order valence-electron chi connectivity index (χ1n) is 10.4. The zero-order valence-corrected chi connectivity index (χ0v) is 19.5. The van der Waals surface area contributed by atoms with Crippen LogP contribution in [-0.2, 0) is 0 Å². The number of allylic oxidation sites excluding steroid dienone is 1. The van der Waals surface area contributed by atoms with Crippen LogP contribution in [0.1, 0.15) is 27.2 Å². The molecule has 1 aliphatic carbocycles. The summed E-state index contributed by atoms with van der Waals surface area (Å²) < 4.78 is 12.0. The summed E-state index contributed by atoms with van der Waals surface area (Å²) >= 11 is 1.70. The van der Waals surface area contributed by atoms with Crippen LogP contribution in [0.2, 0.25) is 0 Å². The maximum atomic E-state index is 10.1. The van der Waals surface area contributed by atoms with Gasteiger partial charge >= 0.3 is 0 Å². The zero-order chi connectivity index (χ0) is 22.4. The van der Waals surface area contributed by atoms with Gasteiger partial charge in [0.15, 0.2) is 0 Å². The predicted molar refractivity (Wildman–Crippen MR) is 127 cm³/mol. The van der Waals surface area contributed by atoms with Crippen molar-refractivity contribution in [3.8, 4) is 11.5 Å². The quantitative estimate of drug-likeness (QED) is 0.537. The number of aliphatic hydroxyl groups excluding tert-OH is 1. The summed E-state index contributed by atoms with van der Waals surface area (Å²) in [4.78, 5) is 4.24. The van der Waals surface area contributed by atoms with Gasteiger partial charge < -0.3 is 20.3 Å². The Morgan fingerprint density at radius 3 is 2.16 bits per heavy atom. The number of hydrogen-bond donors (Lipinski definition) is 2. The molecule has 0 amide bonds. The van der Waals surface area contributed by atoms with Crippen molar-refractivity contribution in [2.24, 2.45) is 5.73 Å². The van der Waals surface area contributed by atoms with Gasteiger partial charge in [0, 0.05) is 29.4 Å². The number of hydrogen-bond acceptors (Lipinski definition) is 6. The van der Waals surface area contributed by atoms with Gasteiger partial charge in [0.25, 0.3) is 0 Å². The topological polar surface area (TPSA) is 68.0 Å². The lowest BCUT2D eigenvalue weighted by molar-refractivity contribution is 0.131. The number of nitrogens with zero attached hydrogens (tertiary/aromatic N) is 1. The second kappa shape index (κ2) is 10.3. The van der Waals surface area contributed by atoms with Gasteiger partial charge in [0.05, 0.1) is 0 Å². The lowest BCUT2D eigenvalue weighted by Crippen LogP contribution is -2.30. The standard InChI is InChI=1S/C25H32N2O3S/c1-25(2,3)30-20-7-12-23(13-8-20)31-22-10-5-19(6-11-22)29-21-9-14-24(28)18(15-21)16-27(4)17-26/h5-14,21,28H,15-17,26H2,1-4H3. The summed E-state index contributed by atoms with van der Waals surface area (Å²) in [6.45, 7) is 7.20. The molecule has 0 spiro atoms. The van der Waals surface area contributed by atoms with Crippen LogP contribution >= 0.6 is 11.8 Å². The van der Waals surface area contributed by atoms with Crippen molar-refractivity contribution < 1.29 is 14.6 Å². The van der Waals surface area contributed by atoms with E-state index in [2.05, 4.69) is 24.3 Å². The Bertz CT molecular complexity index is 915. The fourth-order valence-corrected chi connectivity index (χ4v) is 3.99. The summed E-state index contributed by atoms with van der Waals surface area (Å²) in [5.41, 5.74) is 6.39. The predicted octanol–water partition coefficient (Wildman–Crippen LogP) is 5.38. The van der Waals surface area contributed by atoms with Crippen molar-refractivity contribution in [2.45, 2.75) is 48.7 Å². The third-order valence-corrected chi connectivity index (χ3v) is 5.66. The van der Waals surface area contributed by atoms with Crippen molar-refractivity contribution in [2.75, 3.05) is 20.3 Å². The minimum Gasteiger partial charge on any atom is -0.508 e. The zero-order valence-electron chi connectivity index (χ0n) is 18.7. The monoisotopic (exact) mass is 440 g/mol. The SMILES string of the molecule is CN(CN)CC1=C(O)C=CC(Oc2ccc(Sc3ccc(OC(C)(C)C)cc3)cc2)C1. The van der Waals surface area contributed by atoms with Crippen LogP contribution in [0, 0.1) is 0 Å². The third kappa shape index (κ3) is 7.35. The van der Waals surface area contributed by atoms with Crippen molar-refractivity contribution in [1.29, 1.82) is 0 Å². The first-order valence-corrected chi connectivity index (χ1v) is 11.2. The average molecular weight is 441 g/mol. The number of aliphatic hydroxyl groups is 1. The Balaban J connectivity index is 1.55. The average Bonchev–Trinajstić information content (AvgIpc) is 2.72. The first kappa shape index (κ1) is 23.3. The molecule has 1 unspecified atom stereocenters. The number of nitrogens with two attached hydrogens (primary N) is 1. The molecule has 0 saturated carbocycles. The molecule has 0 radical (unpaired) electrons. The highest BCUT2D eigenvalue weighted by Crippen LogP contribution is 2.31. The van der Waals surface area contributed by atoms with Crippen LogP contribution in [0.3, 0.4) is 0 Å². The van der Waals surface area contributed by atoms with Crippen LogP contribution in [0.5, 0.6) is 11.5 Å². The number of likely N-dealkylation sites (N-methyl/N-ethyl adjacent to an activating group) is 1. The van der Waals surface area contributed by atoms with E-state index in [1.165, 1.54) is 0 Å². The van der Waals surface area contributed by atoms with E-state index < -0.39 is 0 Å². The van der Waals surface area contributed by atoms with Crippen LogP contribution in [0.15, 0.2) is 81.8 Å². The summed E-state index contributed by atoms with van der Waals surface area (Å²) in [6, 6.07) is 16.2. The molecule has 2 aromatic carbocycles. The van der Waals surface area contributed by atoms with Gasteiger partial charge in [-0.05, 0) is 94.1 Å². The van der Waals surface area contributed by atoms with E-state index >= 15 is 0 Å². The molecule has 2 aromatic rings. The minimum atomic E-state index is -0.201. The highest BCUT2D eigenvalue weighted by molar-refractivity contribution is 7.99. The lowest BCUT2D eigenvalue weighted by Gasteiger charge is -2.24. The number of benzene rings is 2. The normalized spacial score (nSPS) is 16.6. The Morgan fingerprint density at radius 2 is 1.61 bits per heavy atom. The van der Waals surface area contributed by atoms with Gasteiger partial charge in [-0.25, -0.2) is 0 Å². The van der Waals surface area contributed by atoms with Gasteiger partial charge in [-0.2, -0.15) is 0 Å². The summed E-state index contributed by atoms with van der Waals surface area (Å²) in [5.74, 6) is 1.99. The first-order chi connectivity index (χ1) is 14.7. The maximum Gasteiger partial charge on any atom is 0.121 e. The fourth-order valence-electron chi connectivity index (χ4n) is 3.18. The number of ether oxygens (including phenoxy) is 2. The van der Waals surface area contributed by atoms with Gasteiger partial charge in [0.2, 0.25) is 0 Å². The fraction of sp³-hybridized carbons (Fsp3) is 0.360. The van der Waals surface area contributed by atoms with Crippen LogP contribution in [0.4, 0.5) is 0 Å². The Hall–Kier alpha value is -2.41. The molecule has 1 atom stereocenters. The van der Waals surface area contributed by atoms with Crippen molar-refractivity contribution in [3.63, 3.8) is 0 Å². The molecule has 166 valence electrons. The van der Waals surface area contributed by atoms with Crippen LogP contribution < -0.4 is 15.2 Å². The molecule has 0 saturated heterocycles. The molecule has 0 bridgehead atoms. The maximum absolute atomic E-state index is 10.1. The molecule has 5 nitrogen and oxygen atoms in total. The summed E-state index contributed by atoms with van der Waals surface area (Å²) in [5, 5.41) is 10.1. The molecule has 0 heterocycles. The Labute approximate surface area is 189 Å². The molecule has 6 heteroatoms. The molecular formula is C25H32N2O3S.